The molecule has 0 aliphatic carbocycles. The van der Waals surface area contributed by atoms with Crippen molar-refractivity contribution in [3.63, 3.8) is 0 Å². The van der Waals surface area contributed by atoms with Crippen LogP contribution >= 0.6 is 0 Å². The third-order valence-electron chi connectivity index (χ3n) is 7.06. The maximum Gasteiger partial charge on any atom is 0.298 e. The van der Waals surface area contributed by atoms with E-state index in [0.717, 1.165) is 0 Å². The van der Waals surface area contributed by atoms with Gasteiger partial charge in [-0.05, 0) is 44.4 Å². The smallest absolute Gasteiger partial charge is 0.298 e. The van der Waals surface area contributed by atoms with Crippen LogP contribution in [0.1, 0.15) is 37.5 Å². The first kappa shape index (κ1) is 28.4. The number of alkyl halides is 2. The Morgan fingerprint density at radius 3 is 2.45 bits per heavy atom. The summed E-state index contributed by atoms with van der Waals surface area (Å²) in [5, 5.41) is 16.5. The number of fused-ring (bicyclic) bond motifs is 1. The Balaban J connectivity index is 1.46. The van der Waals surface area contributed by atoms with Gasteiger partial charge < -0.3 is 19.9 Å². The molecule has 1 aliphatic rings. The predicted molar refractivity (Wildman–Crippen MR) is 153 cm³/mol. The highest BCUT2D eigenvalue weighted by atomic mass is 19.3. The maximum atomic E-state index is 15.2. The summed E-state index contributed by atoms with van der Waals surface area (Å²) in [6, 6.07) is 19.3. The molecule has 0 fully saturated rings. The van der Waals surface area contributed by atoms with Crippen LogP contribution in [0.3, 0.4) is 0 Å². The molecule has 1 atom stereocenters. The first-order chi connectivity index (χ1) is 20.1. The number of aromatic nitrogens is 2. The fraction of sp³-hybridized carbons (Fsp3) is 0.226. The number of nitrogens with one attached hydrogen (secondary N) is 1. The average Bonchev–Trinajstić information content (AvgIpc) is 3.39. The Kier molecular flexibility index (Phi) is 7.74. The van der Waals surface area contributed by atoms with Crippen molar-refractivity contribution in [3.8, 4) is 11.8 Å². The van der Waals surface area contributed by atoms with Crippen LogP contribution in [-0.4, -0.2) is 60.3 Å². The number of carbonyl (C=O) groups excluding carboxylic acids is 2. The van der Waals surface area contributed by atoms with Crippen molar-refractivity contribution in [3.05, 3.63) is 107 Å². The van der Waals surface area contributed by atoms with Gasteiger partial charge in [0.2, 0.25) is 0 Å². The second kappa shape index (κ2) is 11.4. The quantitative estimate of drug-likeness (QED) is 0.328. The zero-order valence-electron chi connectivity index (χ0n) is 23.2. The highest BCUT2D eigenvalue weighted by molar-refractivity contribution is 6.13. The molecule has 9 nitrogen and oxygen atoms in total. The number of carbonyl (C=O) groups is 2. The Morgan fingerprint density at radius 1 is 1.12 bits per heavy atom. The number of halogens is 2. The van der Waals surface area contributed by atoms with E-state index in [-0.39, 0.29) is 39.7 Å². The van der Waals surface area contributed by atoms with E-state index in [2.05, 4.69) is 10.4 Å². The minimum absolute atomic E-state index is 0.125. The lowest BCUT2D eigenvalue weighted by molar-refractivity contribution is 0.0428. The molecule has 0 spiro atoms. The van der Waals surface area contributed by atoms with E-state index in [1.807, 2.05) is 25.1 Å². The van der Waals surface area contributed by atoms with Crippen LogP contribution in [0, 0.1) is 11.3 Å². The van der Waals surface area contributed by atoms with Crippen molar-refractivity contribution in [1.82, 2.24) is 14.7 Å². The van der Waals surface area contributed by atoms with Gasteiger partial charge in [-0.3, -0.25) is 14.3 Å². The highest BCUT2D eigenvalue weighted by Gasteiger charge is 2.38. The molecule has 4 aromatic rings. The average molecular weight is 571 g/mol. The van der Waals surface area contributed by atoms with Crippen molar-refractivity contribution in [1.29, 1.82) is 5.26 Å². The van der Waals surface area contributed by atoms with Gasteiger partial charge in [-0.15, -0.1) is 0 Å². The van der Waals surface area contributed by atoms with Gasteiger partial charge in [0.15, 0.2) is 0 Å². The van der Waals surface area contributed by atoms with E-state index in [9.17, 15) is 14.9 Å². The van der Waals surface area contributed by atoms with Gasteiger partial charge in [-0.25, -0.2) is 0 Å². The van der Waals surface area contributed by atoms with E-state index in [0.29, 0.717) is 24.5 Å². The van der Waals surface area contributed by atoms with E-state index < -0.39 is 17.7 Å². The largest absolute Gasteiger partial charge is 0.495 e. The van der Waals surface area contributed by atoms with E-state index in [1.54, 1.807) is 23.1 Å². The number of hydrogen-bond acceptors (Lipinski definition) is 6. The predicted octanol–water partition coefficient (Wildman–Crippen LogP) is 4.75. The van der Waals surface area contributed by atoms with Crippen LogP contribution < -0.4 is 15.0 Å². The monoisotopic (exact) mass is 570 g/mol. The standard InChI is InChI=1S/C31H28F2N6O3/c1-37(2)18-25-19-38-28(26(17-35-38)36-29(40)20-9-14-27(42-3)21(15-20)16-34)30(41)39(25)24-12-10-23(11-13-24)31(32,33)22-7-5-4-6-8-22/h4-15,17,25H,18-19H2,1-3H3,(H,36,40). The van der Waals surface area contributed by atoms with Gasteiger partial charge in [0, 0.05) is 28.9 Å². The zero-order valence-corrected chi connectivity index (χ0v) is 23.2. The number of benzene rings is 3. The van der Waals surface area contributed by atoms with Gasteiger partial charge in [0.05, 0.1) is 37.1 Å². The maximum absolute atomic E-state index is 15.2. The van der Waals surface area contributed by atoms with Crippen LogP contribution in [0.5, 0.6) is 5.75 Å². The summed E-state index contributed by atoms with van der Waals surface area (Å²) in [4.78, 5) is 30.5. The Labute approximate surface area is 241 Å². The molecule has 1 aliphatic heterocycles. The van der Waals surface area contributed by atoms with E-state index in [4.69, 9.17) is 4.74 Å². The normalized spacial score (nSPS) is 14.8. The molecule has 0 saturated carbocycles. The highest BCUT2D eigenvalue weighted by Crippen LogP contribution is 2.37. The Bertz CT molecular complexity index is 1660. The summed E-state index contributed by atoms with van der Waals surface area (Å²) in [6.07, 6.45) is 1.40. The van der Waals surface area contributed by atoms with E-state index in [1.165, 1.54) is 72.6 Å². The Hall–Kier alpha value is -5.08. The van der Waals surface area contributed by atoms with Gasteiger partial charge in [0.1, 0.15) is 17.5 Å². The van der Waals surface area contributed by atoms with E-state index >= 15 is 8.78 Å². The number of rotatable bonds is 8. The third kappa shape index (κ3) is 5.32. The minimum atomic E-state index is -3.21. The molecule has 0 radical (unpaired) electrons. The summed E-state index contributed by atoms with van der Waals surface area (Å²) in [5.74, 6) is -3.84. The number of hydrogen-bond donors (Lipinski definition) is 1. The fourth-order valence-corrected chi connectivity index (χ4v) is 5.07. The lowest BCUT2D eigenvalue weighted by Crippen LogP contribution is -2.52. The van der Waals surface area contributed by atoms with Crippen molar-refractivity contribution in [2.45, 2.75) is 18.5 Å². The summed E-state index contributed by atoms with van der Waals surface area (Å²) >= 11 is 0. The lowest BCUT2D eigenvalue weighted by Gasteiger charge is -2.37. The summed E-state index contributed by atoms with van der Waals surface area (Å²) in [6.45, 7) is 0.801. The fourth-order valence-electron chi connectivity index (χ4n) is 5.07. The molecule has 42 heavy (non-hydrogen) atoms. The number of ether oxygens (including phenoxy) is 1. The van der Waals surface area contributed by atoms with Crippen LogP contribution in [0.15, 0.2) is 79.0 Å². The first-order valence-corrected chi connectivity index (χ1v) is 13.1. The van der Waals surface area contributed by atoms with Crippen LogP contribution in [-0.2, 0) is 12.5 Å². The van der Waals surface area contributed by atoms with Gasteiger partial charge in [-0.1, -0.05) is 42.5 Å². The first-order valence-electron chi connectivity index (χ1n) is 13.1. The molecule has 0 bridgehead atoms. The number of likely N-dealkylation sites (N-methyl/N-ethyl adjacent to an activating group) is 1. The second-order valence-corrected chi connectivity index (χ2v) is 10.1. The number of nitriles is 1. The number of amides is 2. The van der Waals surface area contributed by atoms with Crippen LogP contribution in [0.25, 0.3) is 0 Å². The molecule has 3 aromatic carbocycles. The molecule has 1 N–H and O–H groups in total. The third-order valence-corrected chi connectivity index (χ3v) is 7.06. The molecular weight excluding hydrogens is 542 g/mol. The summed E-state index contributed by atoms with van der Waals surface area (Å²) in [5.41, 5.74) is 0.870. The van der Waals surface area contributed by atoms with Gasteiger partial charge >= 0.3 is 0 Å². The molecular formula is C31H28F2N6O3. The van der Waals surface area contributed by atoms with Crippen molar-refractivity contribution < 1.29 is 23.1 Å². The lowest BCUT2D eigenvalue weighted by atomic mass is 9.99. The summed E-state index contributed by atoms with van der Waals surface area (Å²) in [7, 11) is 5.18. The number of anilines is 2. The minimum Gasteiger partial charge on any atom is -0.495 e. The van der Waals surface area contributed by atoms with Gasteiger partial charge in [-0.2, -0.15) is 19.1 Å². The SMILES string of the molecule is COc1ccc(C(=O)Nc2cnn3c2C(=O)N(c2ccc(C(F)(F)c4ccccc4)cc2)C(CN(C)C)C3)cc1C#N. The summed E-state index contributed by atoms with van der Waals surface area (Å²) < 4.78 is 37.0. The van der Waals surface area contributed by atoms with Crippen molar-refractivity contribution >= 4 is 23.2 Å². The van der Waals surface area contributed by atoms with Crippen LogP contribution in [0.2, 0.25) is 0 Å². The molecule has 214 valence electrons. The molecule has 1 unspecified atom stereocenters. The van der Waals surface area contributed by atoms with Gasteiger partial charge in [0.25, 0.3) is 17.7 Å². The molecule has 2 amide bonds. The van der Waals surface area contributed by atoms with Crippen LogP contribution in [0.4, 0.5) is 20.2 Å². The zero-order chi connectivity index (χ0) is 30.0. The molecule has 2 heterocycles. The molecule has 0 saturated heterocycles. The topological polar surface area (TPSA) is 103 Å². The number of nitrogens with zero attached hydrogens (tertiary/aromatic N) is 5. The number of methoxy groups -OCH3 is 1. The Morgan fingerprint density at radius 2 is 1.81 bits per heavy atom. The van der Waals surface area contributed by atoms with Crippen molar-refractivity contribution in [2.24, 2.45) is 0 Å². The second-order valence-electron chi connectivity index (χ2n) is 10.1. The molecule has 1 aromatic heterocycles. The molecule has 5 rings (SSSR count). The molecule has 11 heteroatoms. The van der Waals surface area contributed by atoms with Crippen molar-refractivity contribution in [2.75, 3.05) is 38.0 Å².